The van der Waals surface area contributed by atoms with E-state index >= 15 is 0 Å². The van der Waals surface area contributed by atoms with Gasteiger partial charge in [0, 0.05) is 17.3 Å². The smallest absolute Gasteiger partial charge is 0.422 e. The number of hydrogen-bond acceptors (Lipinski definition) is 4. The number of benzene rings is 1. The number of imidazole rings is 1. The van der Waals surface area contributed by atoms with E-state index in [2.05, 4.69) is 15.0 Å². The lowest BCUT2D eigenvalue weighted by Gasteiger charge is -2.14. The minimum atomic E-state index is -4.43. The fraction of sp³-hybridized carbons (Fsp3) is 0.294. The van der Waals surface area contributed by atoms with Gasteiger partial charge in [0.2, 0.25) is 0 Å². The first-order valence-corrected chi connectivity index (χ1v) is 9.04. The van der Waals surface area contributed by atoms with Gasteiger partial charge in [0.1, 0.15) is 5.75 Å². The Hall–Kier alpha value is -2.42. The first kappa shape index (κ1) is 18.4. The maximum Gasteiger partial charge on any atom is 0.422 e. The van der Waals surface area contributed by atoms with Crippen LogP contribution >= 0.6 is 0 Å². The predicted molar refractivity (Wildman–Crippen MR) is 91.5 cm³/mol. The number of nitrogens with one attached hydrogen (secondary N) is 1. The average molecular weight is 383 g/mol. The molecule has 2 aromatic heterocycles. The Bertz CT molecular complexity index is 937. The molecule has 0 spiro atoms. The Morgan fingerprint density at radius 2 is 1.92 bits per heavy atom. The minimum Gasteiger partial charge on any atom is -0.484 e. The first-order chi connectivity index (χ1) is 12.2. The van der Waals surface area contributed by atoms with Crippen LogP contribution in [-0.4, -0.2) is 31.9 Å². The fourth-order valence-corrected chi connectivity index (χ4v) is 3.54. The number of rotatable bonds is 5. The van der Waals surface area contributed by atoms with Crippen LogP contribution in [-0.2, 0) is 16.6 Å². The molecule has 5 nitrogen and oxygen atoms in total. The lowest BCUT2D eigenvalue weighted by atomic mass is 10.2. The number of para-hydroxylation sites is 2. The molecule has 1 N–H and O–H groups in total. The highest BCUT2D eigenvalue weighted by molar-refractivity contribution is 7.84. The molecule has 26 heavy (non-hydrogen) atoms. The van der Waals surface area contributed by atoms with Gasteiger partial charge in [-0.3, -0.25) is 9.19 Å². The van der Waals surface area contributed by atoms with Gasteiger partial charge in [-0.05, 0) is 26.0 Å². The Balaban J connectivity index is 1.84. The van der Waals surface area contributed by atoms with Gasteiger partial charge in [0.05, 0.1) is 33.3 Å². The van der Waals surface area contributed by atoms with Crippen molar-refractivity contribution in [1.29, 1.82) is 0 Å². The number of ether oxygens (including phenoxy) is 1. The van der Waals surface area contributed by atoms with Crippen molar-refractivity contribution in [1.82, 2.24) is 15.0 Å². The number of aryl methyl sites for hydroxylation is 1. The zero-order valence-electron chi connectivity index (χ0n) is 14.1. The number of aromatic amines is 1. The molecule has 3 rings (SSSR count). The van der Waals surface area contributed by atoms with E-state index in [0.717, 1.165) is 5.52 Å². The maximum absolute atomic E-state index is 12.6. The van der Waals surface area contributed by atoms with Gasteiger partial charge in [0.15, 0.2) is 11.8 Å². The number of nitrogens with zero attached hydrogens (tertiary/aromatic N) is 2. The van der Waals surface area contributed by atoms with Crippen molar-refractivity contribution in [3.63, 3.8) is 0 Å². The van der Waals surface area contributed by atoms with Gasteiger partial charge in [-0.15, -0.1) is 0 Å². The third-order valence-electron chi connectivity index (χ3n) is 3.70. The molecule has 0 amide bonds. The van der Waals surface area contributed by atoms with Gasteiger partial charge >= 0.3 is 6.18 Å². The van der Waals surface area contributed by atoms with Gasteiger partial charge in [0.25, 0.3) is 0 Å². The zero-order valence-corrected chi connectivity index (χ0v) is 14.9. The topological polar surface area (TPSA) is 67.9 Å². The minimum absolute atomic E-state index is 0.0235. The summed E-state index contributed by atoms with van der Waals surface area (Å²) in [6, 6.07) is 8.72. The molecule has 2 heterocycles. The van der Waals surface area contributed by atoms with Crippen LogP contribution in [0.25, 0.3) is 11.0 Å². The van der Waals surface area contributed by atoms with E-state index < -0.39 is 23.6 Å². The Labute approximate surface area is 150 Å². The molecule has 9 heteroatoms. The van der Waals surface area contributed by atoms with E-state index in [1.54, 1.807) is 19.9 Å². The molecule has 0 aliphatic rings. The summed E-state index contributed by atoms with van der Waals surface area (Å²) < 4.78 is 54.7. The van der Waals surface area contributed by atoms with E-state index in [-0.39, 0.29) is 11.5 Å². The predicted octanol–water partition coefficient (Wildman–Crippen LogP) is 3.82. The van der Waals surface area contributed by atoms with Gasteiger partial charge in [-0.1, -0.05) is 12.1 Å². The Morgan fingerprint density at radius 1 is 1.19 bits per heavy atom. The van der Waals surface area contributed by atoms with Gasteiger partial charge in [-0.25, -0.2) is 4.98 Å². The number of pyridine rings is 1. The second-order valence-corrected chi connectivity index (χ2v) is 7.15. The number of halogens is 3. The number of hydrogen-bond donors (Lipinski definition) is 1. The largest absolute Gasteiger partial charge is 0.484 e. The van der Waals surface area contributed by atoms with E-state index in [1.807, 2.05) is 18.2 Å². The summed E-state index contributed by atoms with van der Waals surface area (Å²) >= 11 is 0. The van der Waals surface area contributed by atoms with Crippen LogP contribution in [0.2, 0.25) is 0 Å². The van der Waals surface area contributed by atoms with Crippen LogP contribution in [0.15, 0.2) is 35.5 Å². The zero-order chi connectivity index (χ0) is 18.9. The van der Waals surface area contributed by atoms with Crippen molar-refractivity contribution >= 4 is 21.8 Å². The summed E-state index contributed by atoms with van der Waals surface area (Å²) in [4.78, 5) is 11.6. The molecule has 0 saturated heterocycles. The third-order valence-corrected chi connectivity index (χ3v) is 4.86. The summed E-state index contributed by atoms with van der Waals surface area (Å²) in [6.07, 6.45) is -4.43. The lowest BCUT2D eigenvalue weighted by molar-refractivity contribution is -0.153. The van der Waals surface area contributed by atoms with Crippen molar-refractivity contribution in [2.24, 2.45) is 0 Å². The Kier molecular flexibility index (Phi) is 4.99. The van der Waals surface area contributed by atoms with Crippen molar-refractivity contribution in [2.45, 2.75) is 30.9 Å². The monoisotopic (exact) mass is 383 g/mol. The molecule has 0 aliphatic heterocycles. The lowest BCUT2D eigenvalue weighted by Crippen LogP contribution is -2.20. The summed E-state index contributed by atoms with van der Waals surface area (Å²) in [5, 5.41) is 0.298. The molecule has 0 unspecified atom stereocenters. The average Bonchev–Trinajstić information content (AvgIpc) is 3.00. The van der Waals surface area contributed by atoms with Crippen LogP contribution in [0.4, 0.5) is 13.2 Å². The van der Waals surface area contributed by atoms with Crippen molar-refractivity contribution < 1.29 is 22.1 Å². The molecule has 0 saturated carbocycles. The number of aromatic nitrogens is 3. The fourth-order valence-electron chi connectivity index (χ4n) is 2.45. The normalized spacial score (nSPS) is 13.1. The number of fused-ring (bicyclic) bond motifs is 1. The molecular weight excluding hydrogens is 367 g/mol. The quantitative estimate of drug-likeness (QED) is 0.727. The van der Waals surface area contributed by atoms with Crippen molar-refractivity contribution in [3.05, 3.63) is 47.3 Å². The van der Waals surface area contributed by atoms with Crippen LogP contribution in [0.5, 0.6) is 5.75 Å². The second kappa shape index (κ2) is 7.06. The molecule has 0 bridgehead atoms. The highest BCUT2D eigenvalue weighted by atomic mass is 32.2. The summed E-state index contributed by atoms with van der Waals surface area (Å²) in [7, 11) is -1.52. The van der Waals surface area contributed by atoms with Crippen molar-refractivity contribution in [2.75, 3.05) is 6.61 Å². The summed E-state index contributed by atoms with van der Waals surface area (Å²) in [5.41, 5.74) is 2.80. The molecule has 0 radical (unpaired) electrons. The summed E-state index contributed by atoms with van der Waals surface area (Å²) in [5.74, 6) is 0.113. The maximum atomic E-state index is 12.6. The standard InChI is InChI=1S/C17H16F3N3O2S/c1-10-7-15(25-9-17(18,19)20)11(2)14(21-10)8-26(24)16-22-12-5-3-4-6-13(12)23-16/h3-7H,8-9H2,1-2H3,(H,22,23)/t26-/m1/s1. The molecule has 138 valence electrons. The van der Waals surface area contributed by atoms with Crippen LogP contribution in [0.1, 0.15) is 17.0 Å². The van der Waals surface area contributed by atoms with Crippen molar-refractivity contribution in [3.8, 4) is 5.75 Å². The van der Waals surface area contributed by atoms with Gasteiger partial charge < -0.3 is 9.72 Å². The number of alkyl halides is 3. The van der Waals surface area contributed by atoms with Crippen LogP contribution in [0, 0.1) is 13.8 Å². The van der Waals surface area contributed by atoms with Crippen LogP contribution in [0.3, 0.4) is 0 Å². The second-order valence-electron chi connectivity index (χ2n) is 5.79. The molecule has 0 aliphatic carbocycles. The number of H-pyrrole nitrogens is 1. The third kappa shape index (κ3) is 4.21. The first-order valence-electron chi connectivity index (χ1n) is 7.73. The van der Waals surface area contributed by atoms with E-state index in [4.69, 9.17) is 4.74 Å². The molecule has 3 aromatic rings. The molecular formula is C17H16F3N3O2S. The SMILES string of the molecule is Cc1cc(OCC(F)(F)F)c(C)c(C[S@@](=O)c2nc3ccccc3[nH]2)n1. The Morgan fingerprint density at radius 3 is 2.62 bits per heavy atom. The van der Waals surface area contributed by atoms with E-state index in [1.165, 1.54) is 6.07 Å². The van der Waals surface area contributed by atoms with E-state index in [9.17, 15) is 17.4 Å². The molecule has 0 fully saturated rings. The van der Waals surface area contributed by atoms with Gasteiger partial charge in [-0.2, -0.15) is 13.2 Å². The van der Waals surface area contributed by atoms with E-state index in [0.29, 0.717) is 27.6 Å². The highest BCUT2D eigenvalue weighted by Gasteiger charge is 2.29. The van der Waals surface area contributed by atoms with Crippen LogP contribution < -0.4 is 4.74 Å². The molecule has 1 aromatic carbocycles. The highest BCUT2D eigenvalue weighted by Crippen LogP contribution is 2.26. The molecule has 1 atom stereocenters. The summed E-state index contributed by atoms with van der Waals surface area (Å²) in [6.45, 7) is 1.86.